The summed E-state index contributed by atoms with van der Waals surface area (Å²) < 4.78 is 11.1. The minimum atomic E-state index is -1.89. The number of quaternary nitrogens is 1. The predicted octanol–water partition coefficient (Wildman–Crippen LogP) is 2.70. The highest BCUT2D eigenvalue weighted by Gasteiger charge is 2.44. The fourth-order valence-corrected chi connectivity index (χ4v) is 4.25. The zero-order valence-electron chi connectivity index (χ0n) is 18.5. The van der Waals surface area contributed by atoms with Crippen molar-refractivity contribution in [3.63, 3.8) is 0 Å². The van der Waals surface area contributed by atoms with Gasteiger partial charge in [0.2, 0.25) is 5.60 Å². The number of benzene rings is 2. The Bertz CT molecular complexity index is 1020. The minimum absolute atomic E-state index is 0.149. The van der Waals surface area contributed by atoms with Crippen molar-refractivity contribution in [3.05, 3.63) is 84.1 Å². The number of piperidine rings is 1. The molecule has 4 rings (SSSR count). The van der Waals surface area contributed by atoms with E-state index in [4.69, 9.17) is 9.26 Å². The van der Waals surface area contributed by atoms with Crippen LogP contribution in [0.5, 0.6) is 0 Å². The van der Waals surface area contributed by atoms with Crippen molar-refractivity contribution < 1.29 is 28.4 Å². The number of likely N-dealkylation sites (tertiary alicyclic amines) is 1. The van der Waals surface area contributed by atoms with Crippen LogP contribution in [-0.4, -0.2) is 59.4 Å². The van der Waals surface area contributed by atoms with Gasteiger partial charge in [-0.3, -0.25) is 4.79 Å². The third kappa shape index (κ3) is 5.13. The number of anilines is 1. The molecule has 0 atom stereocenters. The zero-order chi connectivity index (χ0) is 23.3. The van der Waals surface area contributed by atoms with Gasteiger partial charge in [-0.25, -0.2) is 4.79 Å². The van der Waals surface area contributed by atoms with Gasteiger partial charge < -0.3 is 24.2 Å². The lowest BCUT2D eigenvalue weighted by molar-refractivity contribution is -0.907. The standard InChI is InChI=1S/C25H27N3O5/c1-28(18-23(29)26-22-14-17-32-27-22)15-12-21(13-16-28)33-24(30)25(31,19-8-4-2-5-9-19)20-10-6-3-7-11-20/h2-11,14,17,21,31H,12-13,15-16,18H2,1H3/p+1. The number of ether oxygens (including phenoxy) is 1. The Labute approximate surface area is 192 Å². The number of nitrogens with one attached hydrogen (secondary N) is 1. The molecular formula is C25H28N3O5+. The second-order valence-corrected chi connectivity index (χ2v) is 8.70. The van der Waals surface area contributed by atoms with E-state index in [9.17, 15) is 14.7 Å². The van der Waals surface area contributed by atoms with E-state index in [1.807, 2.05) is 19.2 Å². The molecule has 33 heavy (non-hydrogen) atoms. The van der Waals surface area contributed by atoms with E-state index in [1.54, 1.807) is 54.6 Å². The molecule has 2 N–H and O–H groups in total. The highest BCUT2D eigenvalue weighted by atomic mass is 16.6. The Morgan fingerprint density at radius 1 is 1.06 bits per heavy atom. The Morgan fingerprint density at radius 3 is 2.15 bits per heavy atom. The normalized spacial score (nSPS) is 20.7. The van der Waals surface area contributed by atoms with Crippen LogP contribution in [0.2, 0.25) is 0 Å². The van der Waals surface area contributed by atoms with Crippen LogP contribution >= 0.6 is 0 Å². The highest BCUT2D eigenvalue weighted by molar-refractivity contribution is 5.90. The van der Waals surface area contributed by atoms with Crippen LogP contribution in [0, 0.1) is 0 Å². The number of esters is 1. The number of amides is 1. The summed E-state index contributed by atoms with van der Waals surface area (Å²) in [5, 5.41) is 18.0. The van der Waals surface area contributed by atoms with Gasteiger partial charge in [-0.1, -0.05) is 65.8 Å². The van der Waals surface area contributed by atoms with Crippen LogP contribution in [0.3, 0.4) is 0 Å². The first kappa shape index (κ1) is 22.7. The lowest BCUT2D eigenvalue weighted by Crippen LogP contribution is -2.55. The van der Waals surface area contributed by atoms with Gasteiger partial charge in [0, 0.05) is 18.9 Å². The van der Waals surface area contributed by atoms with E-state index < -0.39 is 11.6 Å². The lowest BCUT2D eigenvalue weighted by Gasteiger charge is -2.40. The number of carbonyl (C=O) groups is 2. The molecule has 0 aliphatic carbocycles. The Morgan fingerprint density at radius 2 is 1.64 bits per heavy atom. The molecule has 3 aromatic rings. The average Bonchev–Trinajstić information content (AvgIpc) is 3.34. The summed E-state index contributed by atoms with van der Waals surface area (Å²) >= 11 is 0. The van der Waals surface area contributed by atoms with Crippen molar-refractivity contribution in [2.75, 3.05) is 32.0 Å². The molecule has 0 unspecified atom stereocenters. The van der Waals surface area contributed by atoms with Crippen molar-refractivity contribution in [1.29, 1.82) is 0 Å². The van der Waals surface area contributed by atoms with E-state index in [0.29, 0.717) is 47.4 Å². The molecule has 1 saturated heterocycles. The fraction of sp³-hybridized carbons (Fsp3) is 0.320. The SMILES string of the molecule is C[N+]1(CC(=O)Nc2ccon2)CCC(OC(=O)C(O)(c2ccccc2)c2ccccc2)CC1. The largest absolute Gasteiger partial charge is 0.459 e. The van der Waals surface area contributed by atoms with Crippen LogP contribution in [0.15, 0.2) is 77.5 Å². The van der Waals surface area contributed by atoms with Gasteiger partial charge >= 0.3 is 5.97 Å². The van der Waals surface area contributed by atoms with E-state index in [-0.39, 0.29) is 18.6 Å². The number of hydrogen-bond donors (Lipinski definition) is 2. The summed E-state index contributed by atoms with van der Waals surface area (Å²) in [5.74, 6) is -0.453. The second-order valence-electron chi connectivity index (χ2n) is 8.70. The maximum Gasteiger partial charge on any atom is 0.347 e. The second kappa shape index (κ2) is 9.56. The van der Waals surface area contributed by atoms with E-state index in [1.165, 1.54) is 6.26 Å². The Kier molecular flexibility index (Phi) is 6.57. The molecule has 1 aromatic heterocycles. The van der Waals surface area contributed by atoms with Crippen LogP contribution in [0.4, 0.5) is 5.82 Å². The molecule has 1 aliphatic rings. The first-order valence-electron chi connectivity index (χ1n) is 11.0. The maximum absolute atomic E-state index is 13.3. The predicted molar refractivity (Wildman–Crippen MR) is 121 cm³/mol. The third-order valence-corrected chi connectivity index (χ3v) is 6.16. The molecule has 0 spiro atoms. The van der Waals surface area contributed by atoms with E-state index in [0.717, 1.165) is 0 Å². The topological polar surface area (TPSA) is 102 Å². The van der Waals surface area contributed by atoms with Gasteiger partial charge in [0.25, 0.3) is 5.91 Å². The van der Waals surface area contributed by atoms with Gasteiger partial charge in [-0.15, -0.1) is 0 Å². The molecule has 0 bridgehead atoms. The number of aromatic nitrogens is 1. The smallest absolute Gasteiger partial charge is 0.347 e. The van der Waals surface area contributed by atoms with Crippen molar-refractivity contribution in [2.45, 2.75) is 24.5 Å². The molecule has 2 heterocycles. The van der Waals surface area contributed by atoms with Crippen LogP contribution in [0.25, 0.3) is 0 Å². The third-order valence-electron chi connectivity index (χ3n) is 6.16. The maximum atomic E-state index is 13.3. The molecular weight excluding hydrogens is 422 g/mol. The van der Waals surface area contributed by atoms with Crippen molar-refractivity contribution in [1.82, 2.24) is 5.16 Å². The number of nitrogens with zero attached hydrogens (tertiary/aromatic N) is 2. The number of rotatable bonds is 7. The summed E-state index contributed by atoms with van der Waals surface area (Å²) in [7, 11) is 2.00. The Hall–Kier alpha value is -3.49. The highest BCUT2D eigenvalue weighted by Crippen LogP contribution is 2.32. The molecule has 2 aromatic carbocycles. The number of hydrogen-bond acceptors (Lipinski definition) is 6. The van der Waals surface area contributed by atoms with E-state index >= 15 is 0 Å². The quantitative estimate of drug-likeness (QED) is 0.424. The summed E-state index contributed by atoms with van der Waals surface area (Å²) in [4.78, 5) is 25.7. The van der Waals surface area contributed by atoms with Gasteiger partial charge in [0.05, 0.1) is 20.1 Å². The first-order chi connectivity index (χ1) is 15.9. The van der Waals surface area contributed by atoms with Gasteiger partial charge in [-0.2, -0.15) is 0 Å². The molecule has 172 valence electrons. The summed E-state index contributed by atoms with van der Waals surface area (Å²) in [6, 6.07) is 19.3. The fourth-order valence-electron chi connectivity index (χ4n) is 4.25. The summed E-state index contributed by atoms with van der Waals surface area (Å²) in [6.45, 7) is 1.62. The monoisotopic (exact) mass is 450 g/mol. The molecule has 0 saturated carbocycles. The molecule has 1 amide bonds. The first-order valence-corrected chi connectivity index (χ1v) is 11.0. The molecule has 1 aliphatic heterocycles. The van der Waals surface area contributed by atoms with Crippen molar-refractivity contribution in [2.24, 2.45) is 0 Å². The lowest BCUT2D eigenvalue weighted by atomic mass is 9.86. The van der Waals surface area contributed by atoms with Crippen molar-refractivity contribution in [3.8, 4) is 0 Å². The average molecular weight is 451 g/mol. The molecule has 8 heteroatoms. The number of aliphatic hydroxyl groups is 1. The molecule has 0 radical (unpaired) electrons. The van der Waals surface area contributed by atoms with E-state index in [2.05, 4.69) is 10.5 Å². The van der Waals surface area contributed by atoms with Crippen LogP contribution < -0.4 is 5.32 Å². The Balaban J connectivity index is 1.40. The van der Waals surface area contributed by atoms with Crippen molar-refractivity contribution >= 4 is 17.7 Å². The zero-order valence-corrected chi connectivity index (χ0v) is 18.5. The van der Waals surface area contributed by atoms with Crippen LogP contribution in [-0.2, 0) is 19.9 Å². The van der Waals surface area contributed by atoms with Gasteiger partial charge in [0.15, 0.2) is 12.4 Å². The molecule has 8 nitrogen and oxygen atoms in total. The molecule has 1 fully saturated rings. The van der Waals surface area contributed by atoms with Crippen LogP contribution in [0.1, 0.15) is 24.0 Å². The number of likely N-dealkylation sites (N-methyl/N-ethyl adjacent to an activating group) is 1. The summed E-state index contributed by atoms with van der Waals surface area (Å²) in [6.07, 6.45) is 2.26. The van der Waals surface area contributed by atoms with Gasteiger partial charge in [-0.05, 0) is 11.1 Å². The van der Waals surface area contributed by atoms with Gasteiger partial charge in [0.1, 0.15) is 12.4 Å². The summed E-state index contributed by atoms with van der Waals surface area (Å²) in [5.41, 5.74) is -0.973. The minimum Gasteiger partial charge on any atom is -0.459 e. The number of carbonyl (C=O) groups excluding carboxylic acids is 2.